The number of aromatic nitrogens is 2. The predicted octanol–water partition coefficient (Wildman–Crippen LogP) is 4.17. The summed E-state index contributed by atoms with van der Waals surface area (Å²) in [6, 6.07) is 10.00. The van der Waals surface area contributed by atoms with E-state index < -0.39 is 0 Å². The topological polar surface area (TPSA) is 67.5 Å². The Morgan fingerprint density at radius 2 is 1.93 bits per heavy atom. The number of carbonyl (C=O) groups is 1. The lowest BCUT2D eigenvalue weighted by Crippen LogP contribution is -2.31. The van der Waals surface area contributed by atoms with Gasteiger partial charge in [-0.15, -0.1) is 0 Å². The van der Waals surface area contributed by atoms with Gasteiger partial charge in [0.2, 0.25) is 0 Å². The number of H-pyrrole nitrogens is 1. The minimum Gasteiger partial charge on any atom is -0.497 e. The molecular formula is C20H19BrFN3O3. The summed E-state index contributed by atoms with van der Waals surface area (Å²) in [5.74, 6) is 0.545. The maximum atomic E-state index is 14.3. The van der Waals surface area contributed by atoms with Gasteiger partial charge in [-0.05, 0) is 30.3 Å². The number of hydrogen-bond donors (Lipinski definition) is 1. The van der Waals surface area contributed by atoms with Gasteiger partial charge in [-0.25, -0.2) is 9.37 Å². The summed E-state index contributed by atoms with van der Waals surface area (Å²) in [4.78, 5) is 21.2. The smallest absolute Gasteiger partial charge is 0.272 e. The molecule has 0 aliphatic rings. The Labute approximate surface area is 170 Å². The molecule has 0 radical (unpaired) electrons. The molecule has 0 spiro atoms. The van der Waals surface area contributed by atoms with Crippen LogP contribution in [-0.4, -0.2) is 35.0 Å². The maximum Gasteiger partial charge on any atom is 0.272 e. The number of amides is 1. The number of methoxy groups -OCH3 is 2. The number of imidazole rings is 1. The Bertz CT molecular complexity index is 963. The first-order valence-corrected chi connectivity index (χ1v) is 9.23. The fraction of sp³-hybridized carbons (Fsp3) is 0.200. The highest BCUT2D eigenvalue weighted by Crippen LogP contribution is 2.27. The van der Waals surface area contributed by atoms with Crippen LogP contribution in [0.15, 0.2) is 53.4 Å². The van der Waals surface area contributed by atoms with Gasteiger partial charge >= 0.3 is 0 Å². The van der Waals surface area contributed by atoms with E-state index in [1.165, 1.54) is 23.5 Å². The van der Waals surface area contributed by atoms with Crippen LogP contribution in [0.3, 0.4) is 0 Å². The van der Waals surface area contributed by atoms with Gasteiger partial charge in [0, 0.05) is 28.2 Å². The zero-order chi connectivity index (χ0) is 20.1. The number of carbonyl (C=O) groups excluding carboxylic acids is 1. The second-order valence-electron chi connectivity index (χ2n) is 6.04. The highest BCUT2D eigenvalue weighted by molar-refractivity contribution is 9.10. The van der Waals surface area contributed by atoms with Crippen molar-refractivity contribution >= 4 is 21.8 Å². The second-order valence-corrected chi connectivity index (χ2v) is 6.96. The van der Waals surface area contributed by atoms with E-state index in [0.717, 1.165) is 10.0 Å². The summed E-state index contributed by atoms with van der Waals surface area (Å²) in [5.41, 5.74) is 1.49. The zero-order valence-electron chi connectivity index (χ0n) is 15.4. The molecule has 0 aliphatic heterocycles. The van der Waals surface area contributed by atoms with E-state index in [-0.39, 0.29) is 24.8 Å². The summed E-state index contributed by atoms with van der Waals surface area (Å²) in [5, 5.41) is 0. The third-order valence-electron chi connectivity index (χ3n) is 4.24. The summed E-state index contributed by atoms with van der Waals surface area (Å²) in [6.45, 7) is 0.301. The van der Waals surface area contributed by atoms with E-state index in [1.54, 1.807) is 38.5 Å². The highest BCUT2D eigenvalue weighted by atomic mass is 79.9. The van der Waals surface area contributed by atoms with E-state index in [9.17, 15) is 9.18 Å². The molecule has 0 fully saturated rings. The first-order chi connectivity index (χ1) is 13.5. The predicted molar refractivity (Wildman–Crippen MR) is 106 cm³/mol. The number of aromatic amines is 1. The Kier molecular flexibility index (Phi) is 6.30. The number of benzene rings is 2. The SMILES string of the molecule is COc1ccc(CN(Cc2cc(Br)ccc2F)C(=O)c2cnc[nH]2)c(OC)c1. The molecule has 6 nitrogen and oxygen atoms in total. The number of nitrogens with one attached hydrogen (secondary N) is 1. The molecule has 3 aromatic rings. The number of rotatable bonds is 7. The van der Waals surface area contributed by atoms with Crippen LogP contribution >= 0.6 is 15.9 Å². The molecule has 2 aromatic carbocycles. The molecule has 0 unspecified atom stereocenters. The van der Waals surface area contributed by atoms with Crippen LogP contribution in [0.1, 0.15) is 21.6 Å². The Morgan fingerprint density at radius 3 is 2.61 bits per heavy atom. The van der Waals surface area contributed by atoms with Crippen LogP contribution in [0.5, 0.6) is 11.5 Å². The van der Waals surface area contributed by atoms with Gasteiger partial charge in [-0.3, -0.25) is 4.79 Å². The van der Waals surface area contributed by atoms with Crippen LogP contribution in [0.2, 0.25) is 0 Å². The van der Waals surface area contributed by atoms with Crippen molar-refractivity contribution in [3.05, 3.63) is 76.0 Å². The fourth-order valence-electron chi connectivity index (χ4n) is 2.80. The van der Waals surface area contributed by atoms with Gasteiger partial charge in [0.25, 0.3) is 5.91 Å². The van der Waals surface area contributed by atoms with E-state index in [4.69, 9.17) is 9.47 Å². The van der Waals surface area contributed by atoms with Gasteiger partial charge in [0.05, 0.1) is 33.3 Å². The van der Waals surface area contributed by atoms with Crippen molar-refractivity contribution in [1.29, 1.82) is 0 Å². The monoisotopic (exact) mass is 447 g/mol. The van der Waals surface area contributed by atoms with Gasteiger partial charge < -0.3 is 19.4 Å². The van der Waals surface area contributed by atoms with Crippen molar-refractivity contribution in [2.45, 2.75) is 13.1 Å². The quantitative estimate of drug-likeness (QED) is 0.589. The Morgan fingerprint density at radius 1 is 1.14 bits per heavy atom. The standard InChI is InChI=1S/C20H19BrFN3O3/c1-27-16-5-3-13(19(8-16)28-2)10-25(20(26)18-9-23-12-24-18)11-14-7-15(21)4-6-17(14)22/h3-9,12H,10-11H2,1-2H3,(H,23,24). The van der Waals surface area contributed by atoms with Crippen molar-refractivity contribution in [3.8, 4) is 11.5 Å². The van der Waals surface area contributed by atoms with Crippen molar-refractivity contribution in [2.24, 2.45) is 0 Å². The molecule has 8 heteroatoms. The lowest BCUT2D eigenvalue weighted by molar-refractivity contribution is 0.0722. The largest absolute Gasteiger partial charge is 0.497 e. The lowest BCUT2D eigenvalue weighted by atomic mass is 10.1. The molecule has 1 heterocycles. The highest BCUT2D eigenvalue weighted by Gasteiger charge is 2.21. The second kappa shape index (κ2) is 8.88. The minimum absolute atomic E-state index is 0.0817. The third-order valence-corrected chi connectivity index (χ3v) is 4.73. The first kappa shape index (κ1) is 19.9. The van der Waals surface area contributed by atoms with Gasteiger partial charge in [-0.2, -0.15) is 0 Å². The summed E-state index contributed by atoms with van der Waals surface area (Å²) < 4.78 is 25.7. The van der Waals surface area contributed by atoms with Gasteiger partial charge in [0.1, 0.15) is 23.0 Å². The molecule has 146 valence electrons. The average Bonchev–Trinajstić information content (AvgIpc) is 3.24. The van der Waals surface area contributed by atoms with Crippen LogP contribution < -0.4 is 9.47 Å². The molecule has 0 aliphatic carbocycles. The van der Waals surface area contributed by atoms with Crippen molar-refractivity contribution in [2.75, 3.05) is 14.2 Å². The summed E-state index contributed by atoms with van der Waals surface area (Å²) in [7, 11) is 3.12. The minimum atomic E-state index is -0.382. The van der Waals surface area contributed by atoms with Gasteiger partial charge in [-0.1, -0.05) is 15.9 Å². The number of ether oxygens (including phenoxy) is 2. The molecule has 0 saturated carbocycles. The Balaban J connectivity index is 1.95. The summed E-state index contributed by atoms with van der Waals surface area (Å²) in [6.07, 6.45) is 2.87. The molecule has 0 bridgehead atoms. The molecule has 1 amide bonds. The number of hydrogen-bond acceptors (Lipinski definition) is 4. The van der Waals surface area contributed by atoms with Gasteiger partial charge in [0.15, 0.2) is 0 Å². The van der Waals surface area contributed by atoms with Crippen LogP contribution in [0, 0.1) is 5.82 Å². The fourth-order valence-corrected chi connectivity index (χ4v) is 3.21. The summed E-state index contributed by atoms with van der Waals surface area (Å²) >= 11 is 3.35. The van der Waals surface area contributed by atoms with Crippen molar-refractivity contribution in [1.82, 2.24) is 14.9 Å². The third kappa shape index (κ3) is 4.51. The molecule has 0 saturated heterocycles. The number of halogens is 2. The molecule has 1 N–H and O–H groups in total. The molecule has 3 rings (SSSR count). The zero-order valence-corrected chi connectivity index (χ0v) is 17.0. The normalized spacial score (nSPS) is 10.6. The molecule has 28 heavy (non-hydrogen) atoms. The van der Waals surface area contributed by atoms with E-state index in [0.29, 0.717) is 22.8 Å². The van der Waals surface area contributed by atoms with Crippen molar-refractivity contribution < 1.29 is 18.7 Å². The lowest BCUT2D eigenvalue weighted by Gasteiger charge is -2.24. The molecule has 1 aromatic heterocycles. The van der Waals surface area contributed by atoms with Crippen LogP contribution in [0.4, 0.5) is 4.39 Å². The Hall–Kier alpha value is -2.87. The first-order valence-electron chi connectivity index (χ1n) is 8.44. The van der Waals surface area contributed by atoms with E-state index >= 15 is 0 Å². The average molecular weight is 448 g/mol. The van der Waals surface area contributed by atoms with Crippen LogP contribution in [-0.2, 0) is 13.1 Å². The van der Waals surface area contributed by atoms with E-state index in [1.807, 2.05) is 6.07 Å². The molecular weight excluding hydrogens is 429 g/mol. The van der Waals surface area contributed by atoms with Crippen LogP contribution in [0.25, 0.3) is 0 Å². The molecule has 0 atom stereocenters. The number of nitrogens with zero attached hydrogens (tertiary/aromatic N) is 2. The van der Waals surface area contributed by atoms with Crippen molar-refractivity contribution in [3.63, 3.8) is 0 Å². The maximum absolute atomic E-state index is 14.3. The van der Waals surface area contributed by atoms with E-state index in [2.05, 4.69) is 25.9 Å².